The van der Waals surface area contributed by atoms with Crippen molar-refractivity contribution in [2.45, 2.75) is 19.3 Å². The maximum atomic E-state index is 11.9. The van der Waals surface area contributed by atoms with E-state index in [0.29, 0.717) is 18.7 Å². The van der Waals surface area contributed by atoms with Gasteiger partial charge in [-0.05, 0) is 36.8 Å². The van der Waals surface area contributed by atoms with E-state index in [1.807, 2.05) is 6.07 Å². The van der Waals surface area contributed by atoms with Gasteiger partial charge in [-0.2, -0.15) is 0 Å². The van der Waals surface area contributed by atoms with Crippen molar-refractivity contribution in [2.75, 3.05) is 13.1 Å². The molecule has 0 unspecified atom stereocenters. The fourth-order valence-corrected chi connectivity index (χ4v) is 3.02. The van der Waals surface area contributed by atoms with Crippen LogP contribution in [0.5, 0.6) is 0 Å². The minimum Gasteiger partial charge on any atom is -0.481 e. The standard InChI is InChI=1S/C15H17NO4/c17-13(18)12-10-15(12)6-8-16(9-7-15)20-14(19)11-4-2-1-3-5-11/h1-5,12H,6-10H2,(H,17,18)/t12-/m1/s1. The second-order valence-corrected chi connectivity index (χ2v) is 5.63. The second kappa shape index (κ2) is 4.90. The molecule has 1 saturated heterocycles. The molecule has 1 N–H and O–H groups in total. The number of hydroxylamine groups is 2. The van der Waals surface area contributed by atoms with Crippen molar-refractivity contribution in [1.82, 2.24) is 5.06 Å². The fraction of sp³-hybridized carbons (Fsp3) is 0.467. The molecular weight excluding hydrogens is 258 g/mol. The van der Waals surface area contributed by atoms with Crippen molar-refractivity contribution in [3.05, 3.63) is 35.9 Å². The van der Waals surface area contributed by atoms with E-state index in [1.54, 1.807) is 29.3 Å². The SMILES string of the molecule is O=C(ON1CCC2(CC1)C[C@@H]2C(=O)O)c1ccccc1. The van der Waals surface area contributed by atoms with Crippen LogP contribution < -0.4 is 0 Å². The molecule has 1 saturated carbocycles. The van der Waals surface area contributed by atoms with Gasteiger partial charge in [-0.15, -0.1) is 5.06 Å². The largest absolute Gasteiger partial charge is 0.481 e. The highest BCUT2D eigenvalue weighted by Gasteiger charge is 2.59. The van der Waals surface area contributed by atoms with Gasteiger partial charge in [0.05, 0.1) is 11.5 Å². The highest BCUT2D eigenvalue weighted by Crippen LogP contribution is 2.59. The first kappa shape index (κ1) is 13.1. The molecule has 1 spiro atoms. The average molecular weight is 275 g/mol. The Morgan fingerprint density at radius 2 is 1.85 bits per heavy atom. The van der Waals surface area contributed by atoms with Crippen LogP contribution in [0.3, 0.4) is 0 Å². The summed E-state index contributed by atoms with van der Waals surface area (Å²) in [6.45, 7) is 1.23. The lowest BCUT2D eigenvalue weighted by Crippen LogP contribution is -2.37. The molecule has 1 aromatic rings. The highest BCUT2D eigenvalue weighted by molar-refractivity contribution is 5.89. The van der Waals surface area contributed by atoms with E-state index < -0.39 is 5.97 Å². The summed E-state index contributed by atoms with van der Waals surface area (Å²) in [5, 5.41) is 10.7. The van der Waals surface area contributed by atoms with Crippen molar-refractivity contribution >= 4 is 11.9 Å². The van der Waals surface area contributed by atoms with Gasteiger partial charge in [-0.1, -0.05) is 18.2 Å². The summed E-state index contributed by atoms with van der Waals surface area (Å²) in [5.41, 5.74) is 0.490. The van der Waals surface area contributed by atoms with Gasteiger partial charge < -0.3 is 9.94 Å². The quantitative estimate of drug-likeness (QED) is 0.913. The van der Waals surface area contributed by atoms with Gasteiger partial charge in [-0.25, -0.2) is 4.79 Å². The number of aliphatic carboxylic acids is 1. The van der Waals surface area contributed by atoms with Gasteiger partial charge in [0.2, 0.25) is 0 Å². The molecule has 0 radical (unpaired) electrons. The maximum absolute atomic E-state index is 11.9. The molecule has 1 heterocycles. The molecule has 0 aromatic heterocycles. The number of carbonyl (C=O) groups is 2. The fourth-order valence-electron chi connectivity index (χ4n) is 3.02. The summed E-state index contributed by atoms with van der Waals surface area (Å²) in [5.74, 6) is -1.25. The van der Waals surface area contributed by atoms with Crippen molar-refractivity contribution in [1.29, 1.82) is 0 Å². The van der Waals surface area contributed by atoms with Crippen LogP contribution in [0, 0.1) is 11.3 Å². The molecule has 106 valence electrons. The minimum atomic E-state index is -0.695. The predicted molar refractivity (Wildman–Crippen MR) is 70.8 cm³/mol. The highest BCUT2D eigenvalue weighted by atomic mass is 16.7. The Hall–Kier alpha value is -1.88. The monoisotopic (exact) mass is 275 g/mol. The summed E-state index contributed by atoms with van der Waals surface area (Å²) < 4.78 is 0. The number of carboxylic acids is 1. The molecule has 0 amide bonds. The van der Waals surface area contributed by atoms with E-state index in [2.05, 4.69) is 0 Å². The third kappa shape index (κ3) is 2.41. The summed E-state index contributed by atoms with van der Waals surface area (Å²) in [7, 11) is 0. The Kier molecular flexibility index (Phi) is 3.22. The van der Waals surface area contributed by atoms with Crippen LogP contribution >= 0.6 is 0 Å². The molecular formula is C15H17NO4. The number of benzene rings is 1. The van der Waals surface area contributed by atoms with Crippen LogP contribution in [0.1, 0.15) is 29.6 Å². The van der Waals surface area contributed by atoms with Crippen LogP contribution in [0.2, 0.25) is 0 Å². The maximum Gasteiger partial charge on any atom is 0.357 e. The van der Waals surface area contributed by atoms with Gasteiger partial charge in [-0.3, -0.25) is 4.79 Å². The molecule has 1 aliphatic heterocycles. The smallest absolute Gasteiger partial charge is 0.357 e. The van der Waals surface area contributed by atoms with Crippen LogP contribution in [0.25, 0.3) is 0 Å². The van der Waals surface area contributed by atoms with Crippen molar-refractivity contribution in [3.63, 3.8) is 0 Å². The predicted octanol–water partition coefficient (Wildman–Crippen LogP) is 1.95. The number of hydrogen-bond donors (Lipinski definition) is 1. The Morgan fingerprint density at radius 1 is 1.20 bits per heavy atom. The molecule has 2 aliphatic rings. The van der Waals surface area contributed by atoms with Gasteiger partial charge in [0.25, 0.3) is 0 Å². The Labute approximate surface area is 117 Å². The average Bonchev–Trinajstić information content (AvgIpc) is 3.17. The van der Waals surface area contributed by atoms with Crippen molar-refractivity contribution in [3.8, 4) is 0 Å². The van der Waals surface area contributed by atoms with Gasteiger partial charge in [0.15, 0.2) is 0 Å². The van der Waals surface area contributed by atoms with Crippen LogP contribution in [-0.2, 0) is 9.63 Å². The second-order valence-electron chi connectivity index (χ2n) is 5.63. The molecule has 1 aromatic carbocycles. The molecule has 1 atom stereocenters. The minimum absolute atomic E-state index is 0.0402. The number of carboxylic acid groups (broad SMARTS) is 1. The van der Waals surface area contributed by atoms with Crippen LogP contribution in [0.4, 0.5) is 0 Å². The van der Waals surface area contributed by atoms with Gasteiger partial charge in [0.1, 0.15) is 0 Å². The first-order chi connectivity index (χ1) is 9.61. The van der Waals surface area contributed by atoms with E-state index in [1.165, 1.54) is 0 Å². The Bertz CT molecular complexity index is 520. The topological polar surface area (TPSA) is 66.8 Å². The molecule has 3 rings (SSSR count). The first-order valence-corrected chi connectivity index (χ1v) is 6.86. The molecule has 1 aliphatic carbocycles. The van der Waals surface area contributed by atoms with Gasteiger partial charge in [0, 0.05) is 13.1 Å². The molecule has 0 bridgehead atoms. The number of piperidine rings is 1. The van der Waals surface area contributed by atoms with E-state index in [0.717, 1.165) is 19.3 Å². The number of hydrogen-bond acceptors (Lipinski definition) is 4. The summed E-state index contributed by atoms with van der Waals surface area (Å²) in [4.78, 5) is 28.2. The number of nitrogens with zero attached hydrogens (tertiary/aromatic N) is 1. The third-order valence-corrected chi connectivity index (χ3v) is 4.43. The Morgan fingerprint density at radius 3 is 2.40 bits per heavy atom. The van der Waals surface area contributed by atoms with E-state index in [4.69, 9.17) is 9.94 Å². The zero-order valence-corrected chi connectivity index (χ0v) is 11.1. The zero-order valence-electron chi connectivity index (χ0n) is 11.1. The normalized spacial score (nSPS) is 24.3. The molecule has 2 fully saturated rings. The van der Waals surface area contributed by atoms with E-state index >= 15 is 0 Å². The number of rotatable bonds is 3. The lowest BCUT2D eigenvalue weighted by atomic mass is 9.92. The van der Waals surface area contributed by atoms with Crippen molar-refractivity contribution in [2.24, 2.45) is 11.3 Å². The lowest BCUT2D eigenvalue weighted by Gasteiger charge is -2.30. The molecule has 5 nitrogen and oxygen atoms in total. The van der Waals surface area contributed by atoms with Crippen molar-refractivity contribution < 1.29 is 19.5 Å². The van der Waals surface area contributed by atoms with E-state index in [-0.39, 0.29) is 17.3 Å². The Balaban J connectivity index is 1.53. The summed E-state index contributed by atoms with van der Waals surface area (Å²) in [6.07, 6.45) is 2.33. The van der Waals surface area contributed by atoms with Gasteiger partial charge >= 0.3 is 11.9 Å². The van der Waals surface area contributed by atoms with Crippen LogP contribution in [-0.4, -0.2) is 35.2 Å². The summed E-state index contributed by atoms with van der Waals surface area (Å²) >= 11 is 0. The van der Waals surface area contributed by atoms with Crippen LogP contribution in [0.15, 0.2) is 30.3 Å². The first-order valence-electron chi connectivity index (χ1n) is 6.86. The lowest BCUT2D eigenvalue weighted by molar-refractivity contribution is -0.143. The molecule has 5 heteroatoms. The summed E-state index contributed by atoms with van der Waals surface area (Å²) in [6, 6.07) is 8.87. The van der Waals surface area contributed by atoms with E-state index in [9.17, 15) is 9.59 Å². The number of carbonyl (C=O) groups excluding carboxylic acids is 1. The zero-order chi connectivity index (χ0) is 14.2. The molecule has 20 heavy (non-hydrogen) atoms. The third-order valence-electron chi connectivity index (χ3n) is 4.43.